The van der Waals surface area contributed by atoms with E-state index in [2.05, 4.69) is 0 Å². The van der Waals surface area contributed by atoms with Crippen molar-refractivity contribution in [1.29, 1.82) is 0 Å². The van der Waals surface area contributed by atoms with Crippen LogP contribution in [0.5, 0.6) is 0 Å². The average molecular weight is 324 g/mol. The van der Waals surface area contributed by atoms with E-state index in [1.807, 2.05) is 58.9 Å². The van der Waals surface area contributed by atoms with E-state index in [1.54, 1.807) is 6.66 Å². The fourth-order valence-electron chi connectivity index (χ4n) is 2.51. The molecule has 1 atom stereocenters. The van der Waals surface area contributed by atoms with Gasteiger partial charge in [0.15, 0.2) is 0 Å². The molecule has 0 radical (unpaired) electrons. The summed E-state index contributed by atoms with van der Waals surface area (Å²) in [6, 6.07) is 7.83. The fraction of sp³-hybridized carbons (Fsp3) is 0.625. The predicted molar refractivity (Wildman–Crippen MR) is 91.0 cm³/mol. The van der Waals surface area contributed by atoms with Gasteiger partial charge in [-0.25, -0.2) is 0 Å². The molecule has 0 amide bonds. The van der Waals surface area contributed by atoms with Gasteiger partial charge in [-0.3, -0.25) is 4.57 Å². The minimum atomic E-state index is -2.66. The number of hydrogen-bond donors (Lipinski definition) is 0. The second kappa shape index (κ2) is 6.12. The SMILES string of the molecule is CCOP(C)(=O)Cc1ccccc1B1OC(C)(C)C(C)(C)O1. The van der Waals surface area contributed by atoms with Crippen LogP contribution >= 0.6 is 7.37 Å². The van der Waals surface area contributed by atoms with Crippen molar-refractivity contribution in [3.8, 4) is 0 Å². The summed E-state index contributed by atoms with van der Waals surface area (Å²) in [5.41, 5.74) is 1.12. The van der Waals surface area contributed by atoms with Crippen molar-refractivity contribution in [3.63, 3.8) is 0 Å². The molecule has 0 aliphatic carbocycles. The molecule has 1 aromatic carbocycles. The zero-order valence-corrected chi connectivity index (χ0v) is 15.3. The minimum Gasteiger partial charge on any atom is -0.399 e. The van der Waals surface area contributed by atoms with Crippen molar-refractivity contribution in [2.75, 3.05) is 13.3 Å². The Hall–Kier alpha value is -0.605. The molecule has 1 heterocycles. The summed E-state index contributed by atoms with van der Waals surface area (Å²) in [5.74, 6) is 0. The van der Waals surface area contributed by atoms with E-state index in [4.69, 9.17) is 13.8 Å². The highest BCUT2D eigenvalue weighted by Gasteiger charge is 2.52. The monoisotopic (exact) mass is 324 g/mol. The molecule has 122 valence electrons. The maximum atomic E-state index is 12.5. The van der Waals surface area contributed by atoms with Gasteiger partial charge in [0.05, 0.1) is 17.8 Å². The summed E-state index contributed by atoms with van der Waals surface area (Å²) in [5, 5.41) is 0. The van der Waals surface area contributed by atoms with Gasteiger partial charge in [0, 0.05) is 12.8 Å². The van der Waals surface area contributed by atoms with Crippen molar-refractivity contribution in [2.24, 2.45) is 0 Å². The molecule has 1 saturated heterocycles. The first-order valence-corrected chi connectivity index (χ1v) is 9.98. The van der Waals surface area contributed by atoms with Gasteiger partial charge in [0.2, 0.25) is 7.37 Å². The highest BCUT2D eigenvalue weighted by Crippen LogP contribution is 2.46. The highest BCUT2D eigenvalue weighted by atomic mass is 31.2. The number of hydrogen-bond acceptors (Lipinski definition) is 4. The maximum Gasteiger partial charge on any atom is 0.495 e. The molecule has 22 heavy (non-hydrogen) atoms. The standard InChI is InChI=1S/C16H26BO4P/c1-7-19-22(6,18)12-13-10-8-9-11-14(13)17-20-15(2,3)16(4,5)21-17/h8-11H,7,12H2,1-6H3. The Bertz CT molecular complexity index is 569. The van der Waals surface area contributed by atoms with Crippen LogP contribution < -0.4 is 5.46 Å². The molecule has 0 N–H and O–H groups in total. The molecule has 6 heteroatoms. The van der Waals surface area contributed by atoms with E-state index in [9.17, 15) is 4.57 Å². The molecular formula is C16H26BO4P. The van der Waals surface area contributed by atoms with Gasteiger partial charge in [0.1, 0.15) is 0 Å². The lowest BCUT2D eigenvalue weighted by Gasteiger charge is -2.32. The molecule has 1 aromatic rings. The molecule has 1 fully saturated rings. The van der Waals surface area contributed by atoms with E-state index in [1.165, 1.54) is 0 Å². The van der Waals surface area contributed by atoms with E-state index in [0.29, 0.717) is 12.8 Å². The van der Waals surface area contributed by atoms with E-state index in [-0.39, 0.29) is 11.2 Å². The third-order valence-electron chi connectivity index (χ3n) is 4.42. The van der Waals surface area contributed by atoms with Crippen molar-refractivity contribution >= 4 is 20.0 Å². The topological polar surface area (TPSA) is 44.8 Å². The number of rotatable bonds is 5. The smallest absolute Gasteiger partial charge is 0.399 e. The van der Waals surface area contributed by atoms with Crippen LogP contribution in [0.15, 0.2) is 24.3 Å². The molecule has 2 rings (SSSR count). The van der Waals surface area contributed by atoms with E-state index < -0.39 is 14.5 Å². The molecule has 0 saturated carbocycles. The Morgan fingerprint density at radius 3 is 2.23 bits per heavy atom. The Morgan fingerprint density at radius 2 is 1.68 bits per heavy atom. The van der Waals surface area contributed by atoms with Gasteiger partial charge in [0.25, 0.3) is 0 Å². The lowest BCUT2D eigenvalue weighted by atomic mass is 9.76. The van der Waals surface area contributed by atoms with E-state index in [0.717, 1.165) is 11.0 Å². The molecule has 0 spiro atoms. The van der Waals surface area contributed by atoms with Crippen LogP contribution in [0, 0.1) is 0 Å². The van der Waals surface area contributed by atoms with Gasteiger partial charge in [-0.2, -0.15) is 0 Å². The van der Waals surface area contributed by atoms with Gasteiger partial charge in [-0.15, -0.1) is 0 Å². The Labute approximate surface area is 134 Å². The normalized spacial score (nSPS) is 22.5. The molecule has 1 unspecified atom stereocenters. The minimum absolute atomic E-state index is 0.388. The van der Waals surface area contributed by atoms with Crippen molar-refractivity contribution in [3.05, 3.63) is 29.8 Å². The lowest BCUT2D eigenvalue weighted by Crippen LogP contribution is -2.41. The summed E-state index contributed by atoms with van der Waals surface area (Å²) in [4.78, 5) is 0. The second-order valence-corrected chi connectivity index (χ2v) is 9.48. The first kappa shape index (κ1) is 17.7. The molecular weight excluding hydrogens is 298 g/mol. The van der Waals surface area contributed by atoms with Gasteiger partial charge < -0.3 is 13.8 Å². The summed E-state index contributed by atoms with van der Waals surface area (Å²) in [6.45, 7) is 12.1. The molecule has 4 nitrogen and oxygen atoms in total. The average Bonchev–Trinajstić information content (AvgIpc) is 2.58. The molecule has 0 bridgehead atoms. The maximum absolute atomic E-state index is 12.5. The van der Waals surface area contributed by atoms with Gasteiger partial charge in [-0.1, -0.05) is 24.3 Å². The van der Waals surface area contributed by atoms with Crippen LogP contribution in [0.4, 0.5) is 0 Å². The van der Waals surface area contributed by atoms with Crippen LogP contribution in [0.25, 0.3) is 0 Å². The van der Waals surface area contributed by atoms with Crippen LogP contribution in [-0.2, 0) is 24.6 Å². The first-order chi connectivity index (χ1) is 10.1. The summed E-state index contributed by atoms with van der Waals surface area (Å²) >= 11 is 0. The van der Waals surface area contributed by atoms with Gasteiger partial charge in [-0.05, 0) is 45.6 Å². The van der Waals surface area contributed by atoms with Crippen molar-refractivity contribution < 1.29 is 18.4 Å². The van der Waals surface area contributed by atoms with Crippen LogP contribution in [-0.4, -0.2) is 31.6 Å². The zero-order valence-electron chi connectivity index (χ0n) is 14.4. The molecule has 1 aliphatic heterocycles. The molecule has 0 aromatic heterocycles. The Kier molecular flexibility index (Phi) is 4.94. The lowest BCUT2D eigenvalue weighted by molar-refractivity contribution is 0.00578. The fourth-order valence-corrected chi connectivity index (χ4v) is 4.05. The first-order valence-electron chi connectivity index (χ1n) is 7.72. The third kappa shape index (κ3) is 3.65. The summed E-state index contributed by atoms with van der Waals surface area (Å²) < 4.78 is 30.1. The highest BCUT2D eigenvalue weighted by molar-refractivity contribution is 7.57. The van der Waals surface area contributed by atoms with Crippen molar-refractivity contribution in [2.45, 2.75) is 52.0 Å². The molecule has 1 aliphatic rings. The Balaban J connectivity index is 2.29. The largest absolute Gasteiger partial charge is 0.495 e. The van der Waals surface area contributed by atoms with Crippen molar-refractivity contribution in [1.82, 2.24) is 0 Å². The van der Waals surface area contributed by atoms with E-state index >= 15 is 0 Å². The summed E-state index contributed by atoms with van der Waals surface area (Å²) in [7, 11) is -3.10. The second-order valence-electron chi connectivity index (χ2n) is 6.88. The van der Waals surface area contributed by atoms with Gasteiger partial charge >= 0.3 is 7.12 Å². The summed E-state index contributed by atoms with van der Waals surface area (Å²) in [6.07, 6.45) is 0.390. The quantitative estimate of drug-likeness (QED) is 0.615. The Morgan fingerprint density at radius 1 is 1.14 bits per heavy atom. The van der Waals surface area contributed by atoms with Crippen LogP contribution in [0.2, 0.25) is 0 Å². The number of benzene rings is 1. The van der Waals surface area contributed by atoms with Crippen LogP contribution in [0.1, 0.15) is 40.2 Å². The zero-order chi connectivity index (χ0) is 16.6. The third-order valence-corrected chi connectivity index (χ3v) is 6.14. The predicted octanol–water partition coefficient (Wildman–Crippen LogP) is 3.43. The van der Waals surface area contributed by atoms with Crippen LogP contribution in [0.3, 0.4) is 0 Å².